The van der Waals surface area contributed by atoms with Crippen LogP contribution in [-0.4, -0.2) is 39.2 Å². The van der Waals surface area contributed by atoms with Gasteiger partial charge in [-0.05, 0) is 41.3 Å². The molecule has 50 heavy (non-hydrogen) atoms. The number of carbonyl (C=O) groups is 2. The standard InChI is InChI=1S/C41H34N6O3/c1-28(29-15-7-3-8-16-29)43-40(49)45-36-26-35-37(38(44-36)30-23-24-42-34(25-30)27-48)39(50-2)46-47(35)41(31-17-9-4-10-18-31,32-19-11-5-12-20-32)33-21-13-6-14-22-33/h3-28H,1-2H3,(H2,43,44,45,49)/t28-/m1/s1. The zero-order valence-corrected chi connectivity index (χ0v) is 27.5. The van der Waals surface area contributed by atoms with E-state index in [-0.39, 0.29) is 17.6 Å². The molecule has 0 aliphatic carbocycles. The molecule has 0 radical (unpaired) electrons. The summed E-state index contributed by atoms with van der Waals surface area (Å²) >= 11 is 0. The first-order valence-electron chi connectivity index (χ1n) is 16.2. The van der Waals surface area contributed by atoms with Gasteiger partial charge >= 0.3 is 6.03 Å². The van der Waals surface area contributed by atoms with E-state index in [4.69, 9.17) is 14.8 Å². The highest BCUT2D eigenvalue weighted by Crippen LogP contribution is 2.45. The monoisotopic (exact) mass is 658 g/mol. The quantitative estimate of drug-likeness (QED) is 0.114. The Hall–Kier alpha value is -6.61. The highest BCUT2D eigenvalue weighted by Gasteiger charge is 2.41. The van der Waals surface area contributed by atoms with Crippen LogP contribution in [0.25, 0.3) is 22.2 Å². The molecule has 4 aromatic carbocycles. The highest BCUT2D eigenvalue weighted by atomic mass is 16.5. The molecule has 0 bridgehead atoms. The van der Waals surface area contributed by atoms with Crippen molar-refractivity contribution in [2.24, 2.45) is 0 Å². The van der Waals surface area contributed by atoms with Gasteiger partial charge in [0.15, 0.2) is 6.29 Å². The molecule has 7 rings (SSSR count). The smallest absolute Gasteiger partial charge is 0.320 e. The molecule has 0 saturated heterocycles. The van der Waals surface area contributed by atoms with E-state index >= 15 is 0 Å². The fraction of sp³-hybridized carbons (Fsp3) is 0.0976. The van der Waals surface area contributed by atoms with Gasteiger partial charge in [-0.3, -0.25) is 15.1 Å². The molecule has 0 saturated carbocycles. The van der Waals surface area contributed by atoms with E-state index in [0.717, 1.165) is 22.3 Å². The lowest BCUT2D eigenvalue weighted by atomic mass is 9.77. The van der Waals surface area contributed by atoms with Gasteiger partial charge in [0.2, 0.25) is 5.88 Å². The van der Waals surface area contributed by atoms with Crippen LogP contribution in [0.5, 0.6) is 5.88 Å². The number of fused-ring (bicyclic) bond motifs is 1. The maximum atomic E-state index is 13.5. The molecule has 2 amide bonds. The first-order valence-corrected chi connectivity index (χ1v) is 16.2. The van der Waals surface area contributed by atoms with Gasteiger partial charge in [-0.1, -0.05) is 121 Å². The Morgan fingerprint density at radius 3 is 1.90 bits per heavy atom. The molecule has 0 aliphatic heterocycles. The minimum absolute atomic E-state index is 0.240. The van der Waals surface area contributed by atoms with Crippen LogP contribution in [0.4, 0.5) is 10.6 Å². The Labute approximate surface area is 289 Å². The number of anilines is 1. The Morgan fingerprint density at radius 1 is 0.800 bits per heavy atom. The summed E-state index contributed by atoms with van der Waals surface area (Å²) in [5.41, 5.74) is 4.79. The number of pyridine rings is 2. The van der Waals surface area contributed by atoms with Gasteiger partial charge in [0, 0.05) is 17.8 Å². The molecule has 9 heteroatoms. The van der Waals surface area contributed by atoms with Crippen molar-refractivity contribution in [1.29, 1.82) is 0 Å². The second-order valence-corrected chi connectivity index (χ2v) is 11.8. The molecule has 7 aromatic rings. The molecule has 1 atom stereocenters. The maximum absolute atomic E-state index is 13.5. The number of hydrogen-bond acceptors (Lipinski definition) is 6. The number of amides is 2. The molecule has 9 nitrogen and oxygen atoms in total. The van der Waals surface area contributed by atoms with E-state index in [2.05, 4.69) is 52.0 Å². The summed E-state index contributed by atoms with van der Waals surface area (Å²) in [6.45, 7) is 1.92. The molecule has 0 aliphatic rings. The minimum atomic E-state index is -0.995. The van der Waals surface area contributed by atoms with Gasteiger partial charge in [0.1, 0.15) is 17.1 Å². The molecule has 3 aromatic heterocycles. The van der Waals surface area contributed by atoms with Gasteiger partial charge in [0.25, 0.3) is 0 Å². The summed E-state index contributed by atoms with van der Waals surface area (Å²) in [5.74, 6) is 0.606. The molecule has 3 heterocycles. The molecule has 2 N–H and O–H groups in total. The number of methoxy groups -OCH3 is 1. The lowest BCUT2D eigenvalue weighted by molar-refractivity contribution is 0.111. The van der Waals surface area contributed by atoms with Crippen molar-refractivity contribution in [2.45, 2.75) is 18.5 Å². The molecule has 0 unspecified atom stereocenters. The fourth-order valence-corrected chi connectivity index (χ4v) is 6.51. The zero-order chi connectivity index (χ0) is 34.5. The van der Waals surface area contributed by atoms with Crippen molar-refractivity contribution < 1.29 is 14.3 Å². The number of aldehydes is 1. The second kappa shape index (κ2) is 13.9. The van der Waals surface area contributed by atoms with Crippen LogP contribution < -0.4 is 15.4 Å². The van der Waals surface area contributed by atoms with E-state index in [1.807, 2.05) is 103 Å². The van der Waals surface area contributed by atoms with E-state index in [0.29, 0.717) is 34.3 Å². The van der Waals surface area contributed by atoms with Crippen LogP contribution in [0.1, 0.15) is 45.7 Å². The van der Waals surface area contributed by atoms with Crippen molar-refractivity contribution >= 4 is 29.0 Å². The highest BCUT2D eigenvalue weighted by molar-refractivity contribution is 6.01. The number of benzene rings is 4. The summed E-state index contributed by atoms with van der Waals surface area (Å²) in [4.78, 5) is 34.5. The predicted molar refractivity (Wildman–Crippen MR) is 194 cm³/mol. The third-order valence-electron chi connectivity index (χ3n) is 8.78. The normalized spacial score (nSPS) is 11.9. The minimum Gasteiger partial charge on any atom is -0.479 e. The van der Waals surface area contributed by atoms with E-state index in [1.165, 1.54) is 0 Å². The van der Waals surface area contributed by atoms with Crippen molar-refractivity contribution in [1.82, 2.24) is 25.1 Å². The van der Waals surface area contributed by atoms with Gasteiger partial charge in [-0.2, -0.15) is 0 Å². The van der Waals surface area contributed by atoms with Crippen molar-refractivity contribution in [3.05, 3.63) is 174 Å². The third kappa shape index (κ3) is 5.85. The van der Waals surface area contributed by atoms with Gasteiger partial charge in [0.05, 0.1) is 29.7 Å². The largest absolute Gasteiger partial charge is 0.479 e. The number of hydrogen-bond donors (Lipinski definition) is 2. The third-order valence-corrected chi connectivity index (χ3v) is 8.78. The van der Waals surface area contributed by atoms with E-state index < -0.39 is 11.6 Å². The number of urea groups is 1. The van der Waals surface area contributed by atoms with E-state index in [1.54, 1.807) is 25.4 Å². The molecular formula is C41H34N6O3. The van der Waals surface area contributed by atoms with Gasteiger partial charge in [-0.15, -0.1) is 5.10 Å². The van der Waals surface area contributed by atoms with Crippen molar-refractivity contribution in [2.75, 3.05) is 12.4 Å². The fourth-order valence-electron chi connectivity index (χ4n) is 6.51. The Balaban J connectivity index is 1.52. The van der Waals surface area contributed by atoms with Crippen molar-refractivity contribution in [3.8, 4) is 17.1 Å². The lowest BCUT2D eigenvalue weighted by Gasteiger charge is -2.37. The van der Waals surface area contributed by atoms with Crippen LogP contribution in [0.15, 0.2) is 146 Å². The van der Waals surface area contributed by atoms with Crippen LogP contribution in [0.2, 0.25) is 0 Å². The molecular weight excluding hydrogens is 624 g/mol. The number of nitrogens with zero attached hydrogens (tertiary/aromatic N) is 4. The summed E-state index contributed by atoms with van der Waals surface area (Å²) in [5, 5.41) is 11.8. The summed E-state index contributed by atoms with van der Waals surface area (Å²) in [6.07, 6.45) is 2.24. The Kier molecular flexibility index (Phi) is 8.86. The topological polar surface area (TPSA) is 111 Å². The first-order chi connectivity index (χ1) is 24.5. The van der Waals surface area contributed by atoms with Gasteiger partial charge < -0.3 is 10.1 Å². The summed E-state index contributed by atoms with van der Waals surface area (Å²) in [6, 6.07) is 44.8. The average molecular weight is 659 g/mol. The number of ether oxygens (including phenoxy) is 1. The molecule has 0 fully saturated rings. The second-order valence-electron chi connectivity index (χ2n) is 11.8. The van der Waals surface area contributed by atoms with Gasteiger partial charge in [-0.25, -0.2) is 14.5 Å². The summed E-state index contributed by atoms with van der Waals surface area (Å²) < 4.78 is 7.94. The lowest BCUT2D eigenvalue weighted by Crippen LogP contribution is -2.38. The average Bonchev–Trinajstić information content (AvgIpc) is 3.55. The number of nitrogens with one attached hydrogen (secondary N) is 2. The number of carbonyl (C=O) groups excluding carboxylic acids is 2. The molecule has 0 spiro atoms. The summed E-state index contributed by atoms with van der Waals surface area (Å²) in [7, 11) is 1.57. The molecule has 246 valence electrons. The Bertz CT molecular complexity index is 2160. The van der Waals surface area contributed by atoms with Crippen molar-refractivity contribution in [3.63, 3.8) is 0 Å². The maximum Gasteiger partial charge on any atom is 0.320 e. The Morgan fingerprint density at radius 2 is 1.36 bits per heavy atom. The first kappa shape index (κ1) is 32.0. The van der Waals surface area contributed by atoms with E-state index in [9.17, 15) is 9.59 Å². The SMILES string of the molecule is COc1nn(C(c2ccccc2)(c2ccccc2)c2ccccc2)c2cc(NC(=O)N[C@H](C)c3ccccc3)nc(-c3ccnc(C=O)c3)c12. The number of aromatic nitrogens is 4. The number of rotatable bonds is 10. The van der Waals surface area contributed by atoms with Crippen LogP contribution in [0.3, 0.4) is 0 Å². The van der Waals surface area contributed by atoms with Crippen LogP contribution in [-0.2, 0) is 5.54 Å². The van der Waals surface area contributed by atoms with Crippen LogP contribution in [0, 0.1) is 0 Å². The van der Waals surface area contributed by atoms with Crippen LogP contribution >= 0.6 is 0 Å². The predicted octanol–water partition coefficient (Wildman–Crippen LogP) is 8.04. The zero-order valence-electron chi connectivity index (χ0n) is 27.5.